The van der Waals surface area contributed by atoms with Crippen LogP contribution in [0.5, 0.6) is 5.75 Å². The number of rotatable bonds is 11. The molecule has 0 aliphatic carbocycles. The van der Waals surface area contributed by atoms with Crippen LogP contribution < -0.4 is 10.1 Å². The van der Waals surface area contributed by atoms with Crippen molar-refractivity contribution in [1.82, 2.24) is 10.2 Å². The van der Waals surface area contributed by atoms with E-state index < -0.39 is 0 Å². The van der Waals surface area contributed by atoms with Gasteiger partial charge in [0.05, 0.1) is 6.54 Å². The van der Waals surface area contributed by atoms with Crippen LogP contribution in [0.25, 0.3) is 0 Å². The van der Waals surface area contributed by atoms with E-state index in [9.17, 15) is 0 Å². The lowest BCUT2D eigenvalue weighted by Gasteiger charge is -2.22. The maximum absolute atomic E-state index is 5.81. The Morgan fingerprint density at radius 3 is 2.68 bits per heavy atom. The standard InChI is InChI=1S/C21H35N3O3.HI/c1-3-22-21(24(2)13-17-27-20-8-5-4-6-9-20)23-12-7-14-26-18-19-10-15-25-16-11-19;/h4-6,8-9,19H,3,7,10-18H2,1-2H3,(H,22,23);1H. The molecule has 1 aliphatic rings. The van der Waals surface area contributed by atoms with Crippen LogP contribution in [-0.4, -0.2) is 70.6 Å². The first-order valence-electron chi connectivity index (χ1n) is 10.1. The maximum atomic E-state index is 5.81. The first-order valence-corrected chi connectivity index (χ1v) is 10.1. The third-order valence-electron chi connectivity index (χ3n) is 4.54. The Balaban J connectivity index is 0.00000392. The molecule has 0 amide bonds. The van der Waals surface area contributed by atoms with E-state index >= 15 is 0 Å². The minimum absolute atomic E-state index is 0. The Morgan fingerprint density at radius 2 is 1.96 bits per heavy atom. The molecule has 28 heavy (non-hydrogen) atoms. The Kier molecular flexibility index (Phi) is 14.1. The molecule has 0 atom stereocenters. The van der Waals surface area contributed by atoms with Crippen molar-refractivity contribution < 1.29 is 14.2 Å². The van der Waals surface area contributed by atoms with Crippen LogP contribution in [0.3, 0.4) is 0 Å². The van der Waals surface area contributed by atoms with Crippen LogP contribution in [0.15, 0.2) is 35.3 Å². The number of aliphatic imine (C=N–C) groups is 1. The lowest BCUT2D eigenvalue weighted by atomic mass is 10.0. The maximum Gasteiger partial charge on any atom is 0.193 e. The zero-order chi connectivity index (χ0) is 19.2. The summed E-state index contributed by atoms with van der Waals surface area (Å²) in [6.45, 7) is 8.48. The van der Waals surface area contributed by atoms with Crippen molar-refractivity contribution in [2.45, 2.75) is 26.2 Å². The molecule has 160 valence electrons. The summed E-state index contributed by atoms with van der Waals surface area (Å²) < 4.78 is 17.0. The molecule has 1 aromatic carbocycles. The highest BCUT2D eigenvalue weighted by atomic mass is 127. The number of benzene rings is 1. The molecular formula is C21H36IN3O3. The largest absolute Gasteiger partial charge is 0.492 e. The van der Waals surface area contributed by atoms with E-state index in [0.717, 1.165) is 77.0 Å². The lowest BCUT2D eigenvalue weighted by Crippen LogP contribution is -2.41. The van der Waals surface area contributed by atoms with Crippen molar-refractivity contribution in [2.24, 2.45) is 10.9 Å². The van der Waals surface area contributed by atoms with Gasteiger partial charge in [-0.05, 0) is 44.2 Å². The number of nitrogens with one attached hydrogen (secondary N) is 1. The summed E-state index contributed by atoms with van der Waals surface area (Å²) in [7, 11) is 2.04. The minimum Gasteiger partial charge on any atom is -0.492 e. The van der Waals surface area contributed by atoms with Crippen LogP contribution in [0.1, 0.15) is 26.2 Å². The summed E-state index contributed by atoms with van der Waals surface area (Å²) in [4.78, 5) is 6.81. The first-order chi connectivity index (χ1) is 13.3. The number of ether oxygens (including phenoxy) is 3. The van der Waals surface area contributed by atoms with Gasteiger partial charge in [-0.2, -0.15) is 0 Å². The van der Waals surface area contributed by atoms with Gasteiger partial charge in [-0.1, -0.05) is 18.2 Å². The van der Waals surface area contributed by atoms with E-state index in [1.165, 1.54) is 0 Å². The molecule has 1 aliphatic heterocycles. The molecule has 6 nitrogen and oxygen atoms in total. The number of halogens is 1. The molecule has 0 spiro atoms. The number of hydrogen-bond donors (Lipinski definition) is 1. The van der Waals surface area contributed by atoms with E-state index in [2.05, 4.69) is 17.1 Å². The van der Waals surface area contributed by atoms with Gasteiger partial charge in [0.25, 0.3) is 0 Å². The van der Waals surface area contributed by atoms with Crippen LogP contribution in [-0.2, 0) is 9.47 Å². The number of nitrogens with zero attached hydrogens (tertiary/aromatic N) is 2. The molecule has 1 aromatic rings. The second-order valence-corrected chi connectivity index (χ2v) is 6.80. The van der Waals surface area contributed by atoms with Crippen molar-refractivity contribution in [3.63, 3.8) is 0 Å². The van der Waals surface area contributed by atoms with Crippen LogP contribution in [0, 0.1) is 5.92 Å². The predicted octanol–water partition coefficient (Wildman–Crippen LogP) is 3.41. The molecular weight excluding hydrogens is 469 g/mol. The summed E-state index contributed by atoms with van der Waals surface area (Å²) in [5.41, 5.74) is 0. The van der Waals surface area contributed by atoms with Crippen LogP contribution >= 0.6 is 24.0 Å². The Hall–Kier alpha value is -1.06. The average molecular weight is 505 g/mol. The van der Waals surface area contributed by atoms with E-state index in [1.807, 2.05) is 37.4 Å². The van der Waals surface area contributed by atoms with Crippen molar-refractivity contribution in [2.75, 3.05) is 59.7 Å². The molecule has 2 rings (SSSR count). The predicted molar refractivity (Wildman–Crippen MR) is 125 cm³/mol. The molecule has 0 aromatic heterocycles. The minimum atomic E-state index is 0. The van der Waals surface area contributed by atoms with Crippen molar-refractivity contribution in [3.05, 3.63) is 30.3 Å². The van der Waals surface area contributed by atoms with Gasteiger partial charge in [-0.3, -0.25) is 4.99 Å². The summed E-state index contributed by atoms with van der Waals surface area (Å²) in [6, 6.07) is 9.89. The third-order valence-corrected chi connectivity index (χ3v) is 4.54. The van der Waals surface area contributed by atoms with E-state index in [4.69, 9.17) is 19.2 Å². The lowest BCUT2D eigenvalue weighted by molar-refractivity contribution is 0.0205. The van der Waals surface area contributed by atoms with Crippen LogP contribution in [0.2, 0.25) is 0 Å². The smallest absolute Gasteiger partial charge is 0.193 e. The second-order valence-electron chi connectivity index (χ2n) is 6.80. The Labute approximate surface area is 187 Å². The van der Waals surface area contributed by atoms with Gasteiger partial charge in [-0.15, -0.1) is 24.0 Å². The molecule has 7 heteroatoms. The van der Waals surface area contributed by atoms with Gasteiger partial charge >= 0.3 is 0 Å². The first kappa shape index (κ1) is 25.0. The summed E-state index contributed by atoms with van der Waals surface area (Å²) in [6.07, 6.45) is 3.18. The van der Waals surface area contributed by atoms with Gasteiger partial charge in [0.15, 0.2) is 5.96 Å². The summed E-state index contributed by atoms with van der Waals surface area (Å²) >= 11 is 0. The van der Waals surface area contributed by atoms with Crippen molar-refractivity contribution >= 4 is 29.9 Å². The zero-order valence-electron chi connectivity index (χ0n) is 17.3. The van der Waals surface area contributed by atoms with E-state index in [0.29, 0.717) is 12.5 Å². The molecule has 0 saturated carbocycles. The fourth-order valence-electron chi connectivity index (χ4n) is 2.91. The number of hydrogen-bond acceptors (Lipinski definition) is 4. The molecule has 1 saturated heterocycles. The monoisotopic (exact) mass is 505 g/mol. The summed E-state index contributed by atoms with van der Waals surface area (Å²) in [5, 5.41) is 3.34. The average Bonchev–Trinajstić information content (AvgIpc) is 2.71. The highest BCUT2D eigenvalue weighted by molar-refractivity contribution is 14.0. The molecule has 0 unspecified atom stereocenters. The molecule has 0 bridgehead atoms. The SMILES string of the molecule is CCNC(=NCCCOCC1CCOCC1)N(C)CCOc1ccccc1.I. The van der Waals surface area contributed by atoms with Crippen molar-refractivity contribution in [3.8, 4) is 5.75 Å². The Bertz CT molecular complexity index is 525. The Morgan fingerprint density at radius 1 is 1.21 bits per heavy atom. The van der Waals surface area contributed by atoms with Gasteiger partial charge in [-0.25, -0.2) is 0 Å². The third kappa shape index (κ3) is 10.5. The highest BCUT2D eigenvalue weighted by Gasteiger charge is 2.13. The molecule has 0 radical (unpaired) electrons. The van der Waals surface area contributed by atoms with E-state index in [1.54, 1.807) is 0 Å². The molecule has 1 fully saturated rings. The number of guanidine groups is 1. The van der Waals surface area contributed by atoms with Gasteiger partial charge in [0.2, 0.25) is 0 Å². The normalized spacial score (nSPS) is 15.0. The fraction of sp³-hybridized carbons (Fsp3) is 0.667. The summed E-state index contributed by atoms with van der Waals surface area (Å²) in [5.74, 6) is 2.48. The zero-order valence-corrected chi connectivity index (χ0v) is 19.6. The highest BCUT2D eigenvalue weighted by Crippen LogP contribution is 2.14. The van der Waals surface area contributed by atoms with Crippen LogP contribution in [0.4, 0.5) is 0 Å². The quantitative estimate of drug-likeness (QED) is 0.216. The number of likely N-dealkylation sites (N-methyl/N-ethyl adjacent to an activating group) is 1. The van der Waals surface area contributed by atoms with Crippen molar-refractivity contribution in [1.29, 1.82) is 0 Å². The number of para-hydroxylation sites is 1. The van der Waals surface area contributed by atoms with E-state index in [-0.39, 0.29) is 24.0 Å². The van der Waals surface area contributed by atoms with Gasteiger partial charge < -0.3 is 24.4 Å². The van der Waals surface area contributed by atoms with Gasteiger partial charge in [0.1, 0.15) is 12.4 Å². The molecule has 1 heterocycles. The van der Waals surface area contributed by atoms with Gasteiger partial charge in [0, 0.05) is 46.6 Å². The molecule has 1 N–H and O–H groups in total. The topological polar surface area (TPSA) is 55.3 Å². The fourth-order valence-corrected chi connectivity index (χ4v) is 2.91. The second kappa shape index (κ2) is 15.8.